The molecule has 14 heavy (non-hydrogen) atoms. The molecule has 0 fully saturated rings. The molecule has 0 unspecified atom stereocenters. The summed E-state index contributed by atoms with van der Waals surface area (Å²) < 4.78 is 0. The van der Waals surface area contributed by atoms with Gasteiger partial charge in [0.1, 0.15) is 5.75 Å². The quantitative estimate of drug-likeness (QED) is 0.708. The summed E-state index contributed by atoms with van der Waals surface area (Å²) in [6.45, 7) is 7.80. The van der Waals surface area contributed by atoms with Crippen molar-refractivity contribution in [1.82, 2.24) is 0 Å². The van der Waals surface area contributed by atoms with E-state index in [2.05, 4.69) is 0 Å². The Morgan fingerprint density at radius 1 is 1.21 bits per heavy atom. The Morgan fingerprint density at radius 3 is 2.14 bits per heavy atom. The second-order valence-electron chi connectivity index (χ2n) is 4.44. The fourth-order valence-electron chi connectivity index (χ4n) is 1.28. The third kappa shape index (κ3) is 1.99. The van der Waals surface area contributed by atoms with Gasteiger partial charge in [-0.25, -0.2) is 0 Å². The van der Waals surface area contributed by atoms with Crippen molar-refractivity contribution in [2.45, 2.75) is 33.1 Å². The van der Waals surface area contributed by atoms with E-state index in [0.29, 0.717) is 10.0 Å². The van der Waals surface area contributed by atoms with Gasteiger partial charge in [0.05, 0.1) is 5.02 Å². The topological polar surface area (TPSA) is 20.2 Å². The van der Waals surface area contributed by atoms with Gasteiger partial charge in [-0.2, -0.15) is 0 Å². The van der Waals surface area contributed by atoms with Gasteiger partial charge in [-0.1, -0.05) is 44.0 Å². The van der Waals surface area contributed by atoms with Gasteiger partial charge in [0, 0.05) is 10.6 Å². The Hall–Kier alpha value is -0.400. The molecule has 0 aliphatic rings. The molecule has 78 valence electrons. The van der Waals surface area contributed by atoms with Gasteiger partial charge in [0.25, 0.3) is 0 Å². The lowest BCUT2D eigenvalue weighted by Gasteiger charge is -2.22. The monoisotopic (exact) mass is 232 g/mol. The lowest BCUT2D eigenvalue weighted by Crippen LogP contribution is -2.11. The van der Waals surface area contributed by atoms with Crippen molar-refractivity contribution in [3.05, 3.63) is 27.2 Å². The number of benzene rings is 1. The van der Waals surface area contributed by atoms with Crippen LogP contribution in [0.25, 0.3) is 0 Å². The lowest BCUT2D eigenvalue weighted by atomic mass is 9.86. The number of hydrogen-bond acceptors (Lipinski definition) is 1. The Kier molecular flexibility index (Phi) is 3.03. The summed E-state index contributed by atoms with van der Waals surface area (Å²) in [6.07, 6.45) is 0. The molecule has 0 saturated carbocycles. The first-order chi connectivity index (χ1) is 6.25. The number of hydrogen-bond donors (Lipinski definition) is 1. The standard InChI is InChI=1S/C11H14Cl2O/c1-6-8(12)5-7(11(2,3)4)10(14)9(6)13/h5,14H,1-4H3. The Balaban J connectivity index is 3.49. The first kappa shape index (κ1) is 11.7. The summed E-state index contributed by atoms with van der Waals surface area (Å²) >= 11 is 12.0. The van der Waals surface area contributed by atoms with Gasteiger partial charge in [0.2, 0.25) is 0 Å². The third-order valence-electron chi connectivity index (χ3n) is 2.23. The van der Waals surface area contributed by atoms with Crippen molar-refractivity contribution in [1.29, 1.82) is 0 Å². The molecule has 0 bridgehead atoms. The van der Waals surface area contributed by atoms with Crippen LogP contribution in [-0.4, -0.2) is 5.11 Å². The zero-order valence-corrected chi connectivity index (χ0v) is 10.3. The van der Waals surface area contributed by atoms with Crippen LogP contribution in [0.5, 0.6) is 5.75 Å². The van der Waals surface area contributed by atoms with Gasteiger partial charge in [-0.05, 0) is 24.0 Å². The maximum atomic E-state index is 9.85. The van der Waals surface area contributed by atoms with E-state index in [1.54, 1.807) is 13.0 Å². The summed E-state index contributed by atoms with van der Waals surface area (Å²) in [6, 6.07) is 1.78. The molecule has 1 rings (SSSR count). The minimum absolute atomic E-state index is 0.140. The minimum atomic E-state index is -0.162. The second kappa shape index (κ2) is 3.63. The van der Waals surface area contributed by atoms with Crippen LogP contribution in [0.2, 0.25) is 10.0 Å². The van der Waals surface area contributed by atoms with Gasteiger partial charge in [-0.3, -0.25) is 0 Å². The molecule has 0 radical (unpaired) electrons. The van der Waals surface area contributed by atoms with Crippen LogP contribution < -0.4 is 0 Å². The maximum absolute atomic E-state index is 9.85. The highest BCUT2D eigenvalue weighted by molar-refractivity contribution is 6.37. The number of halogens is 2. The van der Waals surface area contributed by atoms with E-state index in [1.807, 2.05) is 20.8 Å². The molecule has 0 spiro atoms. The molecular weight excluding hydrogens is 219 g/mol. The van der Waals surface area contributed by atoms with Crippen molar-refractivity contribution in [3.63, 3.8) is 0 Å². The maximum Gasteiger partial charge on any atom is 0.138 e. The number of aromatic hydroxyl groups is 1. The Labute approximate surface area is 94.7 Å². The van der Waals surface area contributed by atoms with Crippen LogP contribution in [0, 0.1) is 6.92 Å². The molecule has 0 aliphatic heterocycles. The first-order valence-electron chi connectivity index (χ1n) is 4.43. The SMILES string of the molecule is Cc1c(Cl)cc(C(C)(C)C)c(O)c1Cl. The largest absolute Gasteiger partial charge is 0.506 e. The highest BCUT2D eigenvalue weighted by Crippen LogP contribution is 2.40. The average molecular weight is 233 g/mol. The molecular formula is C11H14Cl2O. The average Bonchev–Trinajstić information content (AvgIpc) is 2.06. The van der Waals surface area contributed by atoms with Crippen molar-refractivity contribution in [2.24, 2.45) is 0 Å². The van der Waals surface area contributed by atoms with Crippen molar-refractivity contribution in [2.75, 3.05) is 0 Å². The summed E-state index contributed by atoms with van der Waals surface area (Å²) in [7, 11) is 0. The zero-order valence-electron chi connectivity index (χ0n) is 8.78. The second-order valence-corrected chi connectivity index (χ2v) is 5.23. The Morgan fingerprint density at radius 2 is 1.71 bits per heavy atom. The molecule has 0 aliphatic carbocycles. The van der Waals surface area contributed by atoms with E-state index in [0.717, 1.165) is 11.1 Å². The van der Waals surface area contributed by atoms with Crippen LogP contribution in [0.15, 0.2) is 6.07 Å². The Bertz CT molecular complexity index is 365. The molecule has 0 amide bonds. The smallest absolute Gasteiger partial charge is 0.138 e. The van der Waals surface area contributed by atoms with E-state index in [9.17, 15) is 5.11 Å². The lowest BCUT2D eigenvalue weighted by molar-refractivity contribution is 0.446. The fraction of sp³-hybridized carbons (Fsp3) is 0.455. The molecule has 0 saturated heterocycles. The highest BCUT2D eigenvalue weighted by atomic mass is 35.5. The van der Waals surface area contributed by atoms with E-state index in [-0.39, 0.29) is 11.2 Å². The van der Waals surface area contributed by atoms with E-state index in [4.69, 9.17) is 23.2 Å². The molecule has 1 nitrogen and oxygen atoms in total. The van der Waals surface area contributed by atoms with Gasteiger partial charge in [-0.15, -0.1) is 0 Å². The predicted molar refractivity (Wildman–Crippen MR) is 61.6 cm³/mol. The summed E-state index contributed by atoms with van der Waals surface area (Å²) in [5.74, 6) is 0.140. The predicted octanol–water partition coefficient (Wildman–Crippen LogP) is 4.30. The van der Waals surface area contributed by atoms with Crippen molar-refractivity contribution < 1.29 is 5.11 Å². The van der Waals surface area contributed by atoms with E-state index in [1.165, 1.54) is 0 Å². The van der Waals surface area contributed by atoms with E-state index < -0.39 is 0 Å². The fourth-order valence-corrected chi connectivity index (χ4v) is 1.73. The van der Waals surface area contributed by atoms with Crippen molar-refractivity contribution in [3.8, 4) is 5.75 Å². The first-order valence-corrected chi connectivity index (χ1v) is 5.18. The molecule has 3 heteroatoms. The van der Waals surface area contributed by atoms with Gasteiger partial charge >= 0.3 is 0 Å². The molecule has 0 atom stereocenters. The third-order valence-corrected chi connectivity index (χ3v) is 3.08. The molecule has 1 aromatic rings. The summed E-state index contributed by atoms with van der Waals surface area (Å²) in [5, 5.41) is 10.8. The van der Waals surface area contributed by atoms with Gasteiger partial charge < -0.3 is 5.11 Å². The number of rotatable bonds is 0. The van der Waals surface area contributed by atoms with Crippen LogP contribution in [0.1, 0.15) is 31.9 Å². The van der Waals surface area contributed by atoms with Gasteiger partial charge in [0.15, 0.2) is 0 Å². The molecule has 0 heterocycles. The van der Waals surface area contributed by atoms with Crippen LogP contribution in [0.3, 0.4) is 0 Å². The summed E-state index contributed by atoms with van der Waals surface area (Å²) in [5.41, 5.74) is 1.34. The van der Waals surface area contributed by atoms with Crippen LogP contribution in [0.4, 0.5) is 0 Å². The van der Waals surface area contributed by atoms with E-state index >= 15 is 0 Å². The zero-order chi connectivity index (χ0) is 11.1. The highest BCUT2D eigenvalue weighted by Gasteiger charge is 2.22. The molecule has 1 aromatic carbocycles. The number of phenolic OH excluding ortho intramolecular Hbond substituents is 1. The summed E-state index contributed by atoms with van der Waals surface area (Å²) in [4.78, 5) is 0. The minimum Gasteiger partial charge on any atom is -0.506 e. The molecule has 1 N–H and O–H groups in total. The molecule has 0 aromatic heterocycles. The van der Waals surface area contributed by atoms with Crippen LogP contribution in [-0.2, 0) is 5.41 Å². The normalized spacial score (nSPS) is 11.9. The number of phenols is 1. The van der Waals surface area contributed by atoms with Crippen LogP contribution >= 0.6 is 23.2 Å². The van der Waals surface area contributed by atoms with Crippen molar-refractivity contribution >= 4 is 23.2 Å².